The summed E-state index contributed by atoms with van der Waals surface area (Å²) in [4.78, 5) is 27.4. The minimum absolute atomic E-state index is 0.126. The van der Waals surface area contributed by atoms with Crippen LogP contribution in [0, 0.1) is 0 Å². The molecule has 7 heteroatoms. The summed E-state index contributed by atoms with van der Waals surface area (Å²) >= 11 is 6.11. The van der Waals surface area contributed by atoms with Gasteiger partial charge in [0, 0.05) is 17.5 Å². The zero-order valence-corrected chi connectivity index (χ0v) is 18.3. The van der Waals surface area contributed by atoms with Gasteiger partial charge in [0.25, 0.3) is 0 Å². The van der Waals surface area contributed by atoms with Crippen molar-refractivity contribution in [3.63, 3.8) is 0 Å². The van der Waals surface area contributed by atoms with E-state index >= 15 is 0 Å². The Labute approximate surface area is 187 Å². The van der Waals surface area contributed by atoms with Crippen LogP contribution in [0.2, 0.25) is 5.02 Å². The van der Waals surface area contributed by atoms with Gasteiger partial charge in [-0.15, -0.1) is 0 Å². The Balaban J connectivity index is 1.67. The van der Waals surface area contributed by atoms with Crippen molar-refractivity contribution in [2.24, 2.45) is 5.73 Å². The van der Waals surface area contributed by atoms with E-state index in [0.717, 1.165) is 24.0 Å². The van der Waals surface area contributed by atoms with Crippen LogP contribution in [-0.2, 0) is 19.7 Å². The first-order valence-electron chi connectivity index (χ1n) is 10.6. The van der Waals surface area contributed by atoms with Crippen molar-refractivity contribution in [3.8, 4) is 0 Å². The van der Waals surface area contributed by atoms with E-state index in [0.29, 0.717) is 17.9 Å². The molecule has 2 fully saturated rings. The van der Waals surface area contributed by atoms with Crippen molar-refractivity contribution >= 4 is 23.6 Å². The third kappa shape index (κ3) is 4.07. The second-order valence-corrected chi connectivity index (χ2v) is 8.72. The second-order valence-electron chi connectivity index (χ2n) is 8.29. The van der Waals surface area contributed by atoms with Crippen molar-refractivity contribution in [1.29, 1.82) is 0 Å². The minimum atomic E-state index is -0.900. The number of methoxy groups -OCH3 is 1. The van der Waals surface area contributed by atoms with Gasteiger partial charge in [-0.3, -0.25) is 4.79 Å². The van der Waals surface area contributed by atoms with Gasteiger partial charge >= 0.3 is 6.09 Å². The molecule has 0 spiro atoms. The zero-order valence-electron chi connectivity index (χ0n) is 17.5. The number of carbonyl (C=O) groups is 2. The van der Waals surface area contributed by atoms with E-state index in [2.05, 4.69) is 0 Å². The number of amides is 2. The Kier molecular flexibility index (Phi) is 6.32. The molecule has 4 rings (SSSR count). The van der Waals surface area contributed by atoms with E-state index in [1.807, 2.05) is 54.6 Å². The van der Waals surface area contributed by atoms with Gasteiger partial charge in [0.15, 0.2) is 0 Å². The van der Waals surface area contributed by atoms with Gasteiger partial charge in [0.2, 0.25) is 5.91 Å². The lowest BCUT2D eigenvalue weighted by atomic mass is 9.64. The van der Waals surface area contributed by atoms with Crippen LogP contribution in [0.1, 0.15) is 42.9 Å². The number of rotatable bonds is 5. The van der Waals surface area contributed by atoms with Crippen LogP contribution in [0.3, 0.4) is 0 Å². The Morgan fingerprint density at radius 1 is 1.16 bits per heavy atom. The summed E-state index contributed by atoms with van der Waals surface area (Å²) in [6.07, 6.45) is 2.42. The van der Waals surface area contributed by atoms with E-state index in [1.54, 1.807) is 7.11 Å². The molecule has 0 aromatic heterocycles. The van der Waals surface area contributed by atoms with Crippen LogP contribution in [0.15, 0.2) is 54.6 Å². The molecule has 0 radical (unpaired) electrons. The molecule has 0 bridgehead atoms. The smallest absolute Gasteiger partial charge is 0.417 e. The molecule has 2 N–H and O–H groups in total. The monoisotopic (exact) mass is 442 g/mol. The molecule has 164 valence electrons. The lowest BCUT2D eigenvalue weighted by molar-refractivity contribution is -0.133. The van der Waals surface area contributed by atoms with E-state index < -0.39 is 29.5 Å². The fourth-order valence-corrected chi connectivity index (χ4v) is 5.00. The molecule has 31 heavy (non-hydrogen) atoms. The molecule has 2 aromatic rings. The number of benzene rings is 2. The molecule has 2 aromatic carbocycles. The number of halogens is 1. The van der Waals surface area contributed by atoms with Gasteiger partial charge in [0.1, 0.15) is 12.6 Å². The van der Waals surface area contributed by atoms with Crippen molar-refractivity contribution < 1.29 is 19.1 Å². The average Bonchev–Trinajstić information content (AvgIpc) is 3.20. The van der Waals surface area contributed by atoms with Crippen LogP contribution in [0.4, 0.5) is 4.79 Å². The molecule has 1 aliphatic heterocycles. The van der Waals surface area contributed by atoms with E-state index in [1.165, 1.54) is 4.90 Å². The zero-order chi connectivity index (χ0) is 22.0. The van der Waals surface area contributed by atoms with E-state index in [4.69, 9.17) is 26.8 Å². The van der Waals surface area contributed by atoms with Crippen molar-refractivity contribution in [3.05, 3.63) is 70.7 Å². The number of carbonyl (C=O) groups excluding carboxylic acids is 2. The van der Waals surface area contributed by atoms with E-state index in [-0.39, 0.29) is 12.7 Å². The van der Waals surface area contributed by atoms with E-state index in [9.17, 15) is 9.59 Å². The predicted molar refractivity (Wildman–Crippen MR) is 118 cm³/mol. The summed E-state index contributed by atoms with van der Waals surface area (Å²) in [5, 5.41) is 0.622. The first-order valence-corrected chi connectivity index (χ1v) is 10.9. The average molecular weight is 443 g/mol. The molecule has 6 nitrogen and oxygen atoms in total. The van der Waals surface area contributed by atoms with Gasteiger partial charge in [-0.05, 0) is 48.9 Å². The topological polar surface area (TPSA) is 81.9 Å². The summed E-state index contributed by atoms with van der Waals surface area (Å²) in [6.45, 7) is 0.126. The highest BCUT2D eigenvalue weighted by atomic mass is 35.5. The summed E-state index contributed by atoms with van der Waals surface area (Å²) < 4.78 is 10.8. The van der Waals surface area contributed by atoms with Gasteiger partial charge in [-0.2, -0.15) is 0 Å². The number of ether oxygens (including phenoxy) is 2. The number of cyclic esters (lactones) is 1. The van der Waals surface area contributed by atoms with Crippen molar-refractivity contribution in [2.75, 3.05) is 13.7 Å². The lowest BCUT2D eigenvalue weighted by Crippen LogP contribution is -2.57. The predicted octanol–water partition coefficient (Wildman–Crippen LogP) is 4.21. The number of nitrogens with zero attached hydrogens (tertiary/aromatic N) is 1. The molecule has 0 unspecified atom stereocenters. The first kappa shape index (κ1) is 21.8. The molecule has 2 atom stereocenters. The highest BCUT2D eigenvalue weighted by molar-refractivity contribution is 6.30. The number of hydrogen-bond donors (Lipinski definition) is 1. The molecule has 2 aliphatic rings. The summed E-state index contributed by atoms with van der Waals surface area (Å²) in [5.41, 5.74) is 7.88. The lowest BCUT2D eigenvalue weighted by Gasteiger charge is -2.44. The quantitative estimate of drug-likeness (QED) is 0.749. The van der Waals surface area contributed by atoms with Crippen LogP contribution in [0.5, 0.6) is 0 Å². The largest absolute Gasteiger partial charge is 0.446 e. The van der Waals surface area contributed by atoms with Crippen LogP contribution in [-0.4, -0.2) is 42.8 Å². The molecular formula is C24H27ClN2O4. The maximum Gasteiger partial charge on any atom is 0.417 e. The minimum Gasteiger partial charge on any atom is -0.446 e. The highest BCUT2D eigenvalue weighted by Gasteiger charge is 2.50. The van der Waals surface area contributed by atoms with Crippen molar-refractivity contribution in [2.45, 2.75) is 49.3 Å². The van der Waals surface area contributed by atoms with Gasteiger partial charge in [0.05, 0.1) is 12.1 Å². The van der Waals surface area contributed by atoms with Gasteiger partial charge in [-0.1, -0.05) is 54.1 Å². The molecule has 1 saturated heterocycles. The first-order chi connectivity index (χ1) is 15.0. The summed E-state index contributed by atoms with van der Waals surface area (Å²) in [7, 11) is 1.70. The Morgan fingerprint density at radius 2 is 1.81 bits per heavy atom. The second kappa shape index (κ2) is 8.99. The number of imide groups is 1. The fraction of sp³-hybridized carbons (Fsp3) is 0.417. The highest BCUT2D eigenvalue weighted by Crippen LogP contribution is 2.44. The van der Waals surface area contributed by atoms with Crippen LogP contribution >= 0.6 is 11.6 Å². The Morgan fingerprint density at radius 3 is 2.42 bits per heavy atom. The number of nitrogens with two attached hydrogens (primary N) is 1. The molecule has 1 heterocycles. The molecule has 1 aliphatic carbocycles. The summed E-state index contributed by atoms with van der Waals surface area (Å²) in [6, 6.07) is 15.5. The van der Waals surface area contributed by atoms with Gasteiger partial charge in [-0.25, -0.2) is 9.69 Å². The molecular weight excluding hydrogens is 416 g/mol. The molecule has 2 amide bonds. The van der Waals surface area contributed by atoms with Crippen LogP contribution < -0.4 is 5.73 Å². The van der Waals surface area contributed by atoms with Crippen molar-refractivity contribution in [1.82, 2.24) is 4.90 Å². The Hall–Kier alpha value is -2.41. The molecule has 1 saturated carbocycles. The van der Waals surface area contributed by atoms with Crippen LogP contribution in [0.25, 0.3) is 0 Å². The third-order valence-electron chi connectivity index (χ3n) is 6.73. The Bertz CT molecular complexity index is 926. The van der Waals surface area contributed by atoms with Gasteiger partial charge < -0.3 is 15.2 Å². The standard InChI is InChI=1S/C24H27ClN2O4/c1-30-19-11-13-24(14-12-19,17-7-9-18(25)10-8-17)21(26)22(28)27-20(15-31-23(27)29)16-5-3-2-4-6-16/h2-10,19-21H,11-15,26H2,1H3/t19?,20-,21-,24?/m1/s1. The fourth-order valence-electron chi connectivity index (χ4n) is 4.87. The maximum absolute atomic E-state index is 13.7. The third-order valence-corrected chi connectivity index (χ3v) is 6.99. The maximum atomic E-state index is 13.7. The number of hydrogen-bond acceptors (Lipinski definition) is 5. The summed E-state index contributed by atoms with van der Waals surface area (Å²) in [5.74, 6) is -0.415. The normalized spacial score (nSPS) is 27.1. The SMILES string of the molecule is COC1CCC(c2ccc(Cl)cc2)([C@H](N)C(=O)N2C(=O)OC[C@@H]2c2ccccc2)CC1.